The summed E-state index contributed by atoms with van der Waals surface area (Å²) in [6.45, 7) is 4.78. The van der Waals surface area contributed by atoms with E-state index in [2.05, 4.69) is 13.8 Å². The molecule has 0 radical (unpaired) electrons. The summed E-state index contributed by atoms with van der Waals surface area (Å²) >= 11 is 0. The van der Waals surface area contributed by atoms with Crippen LogP contribution in [0.3, 0.4) is 0 Å². The smallest absolute Gasteiger partial charge is 0.0714 e. The highest BCUT2D eigenvalue weighted by Gasteiger charge is 2.54. The van der Waals surface area contributed by atoms with E-state index in [0.29, 0.717) is 11.8 Å². The first-order valence-electron chi connectivity index (χ1n) is 6.45. The molecule has 3 rings (SSSR count). The van der Waals surface area contributed by atoms with E-state index in [9.17, 15) is 5.11 Å². The molecule has 2 aliphatic heterocycles. The third-order valence-electron chi connectivity index (χ3n) is 4.62. The van der Waals surface area contributed by atoms with Gasteiger partial charge in [-0.25, -0.2) is 0 Å². The van der Waals surface area contributed by atoms with Crippen LogP contribution in [0.25, 0.3) is 0 Å². The second-order valence-electron chi connectivity index (χ2n) is 5.96. The molecule has 3 heteroatoms. The topological polar surface area (TPSA) is 49.7 Å². The van der Waals surface area contributed by atoms with E-state index in [-0.39, 0.29) is 24.4 Å². The first kappa shape index (κ1) is 12.3. The predicted molar refractivity (Wildman–Crippen MR) is 62.1 cm³/mol. The van der Waals surface area contributed by atoms with Crippen LogP contribution in [0.5, 0.6) is 0 Å². The Kier molecular flexibility index (Phi) is 3.30. The third-order valence-corrected chi connectivity index (χ3v) is 4.62. The molecule has 4 unspecified atom stereocenters. The van der Waals surface area contributed by atoms with Crippen molar-refractivity contribution in [3.05, 3.63) is 0 Å². The standard InChI is InChI=1S/C13H24O3/c1-12-5-3-11(10(9-12)4-7-14)13(2,16-12)6-8-15/h10-11,14-15H,3-9H2,1-2H3. The number of rotatable bonds is 4. The number of ether oxygens (including phenoxy) is 1. The van der Waals surface area contributed by atoms with Gasteiger partial charge in [0.05, 0.1) is 11.2 Å². The van der Waals surface area contributed by atoms with Crippen molar-refractivity contribution < 1.29 is 14.9 Å². The van der Waals surface area contributed by atoms with E-state index in [1.165, 1.54) is 6.42 Å². The Hall–Kier alpha value is -0.120. The SMILES string of the molecule is CC12CCC(C(CCO)C1)C(C)(CCO)O2. The van der Waals surface area contributed by atoms with Crippen LogP contribution in [0.4, 0.5) is 0 Å². The molecule has 2 heterocycles. The molecule has 0 amide bonds. The molecule has 3 fully saturated rings. The van der Waals surface area contributed by atoms with Crippen molar-refractivity contribution in [1.29, 1.82) is 0 Å². The van der Waals surface area contributed by atoms with Crippen molar-refractivity contribution in [1.82, 2.24) is 0 Å². The van der Waals surface area contributed by atoms with Crippen LogP contribution in [0, 0.1) is 11.8 Å². The minimum absolute atomic E-state index is 0.0293. The number of aliphatic hydroxyl groups excluding tert-OH is 2. The van der Waals surface area contributed by atoms with Crippen LogP contribution in [-0.2, 0) is 4.74 Å². The van der Waals surface area contributed by atoms with Crippen molar-refractivity contribution >= 4 is 0 Å². The van der Waals surface area contributed by atoms with Crippen LogP contribution in [0.2, 0.25) is 0 Å². The monoisotopic (exact) mass is 228 g/mol. The van der Waals surface area contributed by atoms with Gasteiger partial charge < -0.3 is 14.9 Å². The molecule has 0 aromatic rings. The van der Waals surface area contributed by atoms with E-state index < -0.39 is 0 Å². The normalized spacial score (nSPS) is 47.2. The Labute approximate surface area is 97.8 Å². The van der Waals surface area contributed by atoms with Crippen molar-refractivity contribution in [2.45, 2.75) is 57.2 Å². The summed E-state index contributed by atoms with van der Waals surface area (Å²) in [5, 5.41) is 18.3. The maximum atomic E-state index is 9.18. The highest BCUT2D eigenvalue weighted by molar-refractivity contribution is 5.03. The van der Waals surface area contributed by atoms with Crippen LogP contribution in [0.15, 0.2) is 0 Å². The molecule has 2 N–H and O–H groups in total. The van der Waals surface area contributed by atoms with Gasteiger partial charge in [0, 0.05) is 13.2 Å². The molecule has 0 aromatic heterocycles. The highest BCUT2D eigenvalue weighted by Crippen LogP contribution is 2.54. The minimum atomic E-state index is -0.181. The molecule has 2 saturated heterocycles. The second kappa shape index (κ2) is 4.28. The molecule has 3 nitrogen and oxygen atoms in total. The first-order valence-corrected chi connectivity index (χ1v) is 6.45. The molecule has 16 heavy (non-hydrogen) atoms. The quantitative estimate of drug-likeness (QED) is 0.770. The van der Waals surface area contributed by atoms with Gasteiger partial charge in [-0.15, -0.1) is 0 Å². The second-order valence-corrected chi connectivity index (χ2v) is 5.96. The number of hydrogen-bond donors (Lipinski definition) is 2. The Morgan fingerprint density at radius 3 is 2.56 bits per heavy atom. The lowest BCUT2D eigenvalue weighted by atomic mass is 9.61. The van der Waals surface area contributed by atoms with Crippen molar-refractivity contribution in [3.8, 4) is 0 Å². The fourth-order valence-electron chi connectivity index (χ4n) is 3.96. The van der Waals surface area contributed by atoms with Crippen LogP contribution in [0.1, 0.15) is 46.0 Å². The molecule has 94 valence electrons. The van der Waals surface area contributed by atoms with Crippen LogP contribution >= 0.6 is 0 Å². The molecule has 0 aromatic carbocycles. The summed E-state index contributed by atoms with van der Waals surface area (Å²) in [6, 6.07) is 0. The average Bonchev–Trinajstić information content (AvgIpc) is 2.16. The summed E-state index contributed by atoms with van der Waals surface area (Å²) in [5.74, 6) is 1.07. The molecule has 1 saturated carbocycles. The lowest BCUT2D eigenvalue weighted by Gasteiger charge is -2.58. The molecule has 0 spiro atoms. The zero-order valence-electron chi connectivity index (χ0n) is 10.4. The van der Waals surface area contributed by atoms with Gasteiger partial charge in [0.25, 0.3) is 0 Å². The molecule has 3 aliphatic rings. The number of hydrogen-bond acceptors (Lipinski definition) is 3. The predicted octanol–water partition coefficient (Wildman–Crippen LogP) is 1.72. The van der Waals surface area contributed by atoms with Gasteiger partial charge in [0.2, 0.25) is 0 Å². The van der Waals surface area contributed by atoms with E-state index in [0.717, 1.165) is 25.7 Å². The lowest BCUT2D eigenvalue weighted by Crippen LogP contribution is -2.59. The Balaban J connectivity index is 2.17. The Morgan fingerprint density at radius 2 is 2.00 bits per heavy atom. The fourth-order valence-corrected chi connectivity index (χ4v) is 3.96. The molecular weight excluding hydrogens is 204 g/mol. The van der Waals surface area contributed by atoms with Gasteiger partial charge in [-0.1, -0.05) is 0 Å². The van der Waals surface area contributed by atoms with E-state index in [1.54, 1.807) is 0 Å². The fraction of sp³-hybridized carbons (Fsp3) is 1.00. The summed E-state index contributed by atoms with van der Waals surface area (Å²) in [7, 11) is 0. The van der Waals surface area contributed by atoms with Crippen molar-refractivity contribution in [3.63, 3.8) is 0 Å². The van der Waals surface area contributed by atoms with Gasteiger partial charge in [-0.05, 0) is 57.8 Å². The number of fused-ring (bicyclic) bond motifs is 3. The van der Waals surface area contributed by atoms with Gasteiger partial charge in [0.1, 0.15) is 0 Å². The maximum absolute atomic E-state index is 9.18. The number of aliphatic hydroxyl groups is 2. The molecular formula is C13H24O3. The minimum Gasteiger partial charge on any atom is -0.396 e. The molecule has 4 atom stereocenters. The summed E-state index contributed by atoms with van der Waals surface area (Å²) in [6.07, 6.45) is 4.97. The van der Waals surface area contributed by atoms with Gasteiger partial charge in [0.15, 0.2) is 0 Å². The van der Waals surface area contributed by atoms with E-state index in [4.69, 9.17) is 9.84 Å². The zero-order valence-corrected chi connectivity index (χ0v) is 10.4. The van der Waals surface area contributed by atoms with Gasteiger partial charge >= 0.3 is 0 Å². The van der Waals surface area contributed by atoms with Gasteiger partial charge in [-0.2, -0.15) is 0 Å². The molecule has 1 aliphatic carbocycles. The first-order chi connectivity index (χ1) is 7.53. The van der Waals surface area contributed by atoms with Crippen molar-refractivity contribution in [2.75, 3.05) is 13.2 Å². The zero-order chi connectivity index (χ0) is 11.8. The summed E-state index contributed by atoms with van der Waals surface area (Å²) in [5.41, 5.74) is -0.210. The van der Waals surface area contributed by atoms with Gasteiger partial charge in [-0.3, -0.25) is 0 Å². The lowest BCUT2D eigenvalue weighted by molar-refractivity contribution is -0.263. The van der Waals surface area contributed by atoms with Crippen LogP contribution < -0.4 is 0 Å². The largest absolute Gasteiger partial charge is 0.396 e. The van der Waals surface area contributed by atoms with E-state index in [1.807, 2.05) is 0 Å². The summed E-state index contributed by atoms with van der Waals surface area (Å²) in [4.78, 5) is 0. The van der Waals surface area contributed by atoms with E-state index >= 15 is 0 Å². The highest BCUT2D eigenvalue weighted by atomic mass is 16.5. The summed E-state index contributed by atoms with van der Waals surface area (Å²) < 4.78 is 6.24. The van der Waals surface area contributed by atoms with Crippen LogP contribution in [-0.4, -0.2) is 34.6 Å². The Bertz CT molecular complexity index is 256. The Morgan fingerprint density at radius 1 is 1.25 bits per heavy atom. The van der Waals surface area contributed by atoms with Crippen molar-refractivity contribution in [2.24, 2.45) is 11.8 Å². The molecule has 2 bridgehead atoms. The maximum Gasteiger partial charge on any atom is 0.0714 e. The average molecular weight is 228 g/mol. The third kappa shape index (κ3) is 2.01.